The second kappa shape index (κ2) is 6.92. The molecule has 2 aliphatic heterocycles. The minimum atomic E-state index is 0.628. The molecule has 2 aliphatic rings. The van der Waals surface area contributed by atoms with E-state index in [0.29, 0.717) is 18.0 Å². The average Bonchev–Trinajstić information content (AvgIpc) is 2.84. The van der Waals surface area contributed by atoms with Crippen LogP contribution >= 0.6 is 15.9 Å². The lowest BCUT2D eigenvalue weighted by Crippen LogP contribution is -2.52. The van der Waals surface area contributed by atoms with E-state index >= 15 is 0 Å². The molecule has 0 radical (unpaired) electrons. The van der Waals surface area contributed by atoms with Crippen molar-refractivity contribution in [2.75, 3.05) is 30.4 Å². The fourth-order valence-electron chi connectivity index (χ4n) is 4.01. The van der Waals surface area contributed by atoms with E-state index in [-0.39, 0.29) is 0 Å². The molecule has 0 spiro atoms. The Morgan fingerprint density at radius 2 is 1.84 bits per heavy atom. The zero-order valence-electron chi connectivity index (χ0n) is 14.7. The van der Waals surface area contributed by atoms with Crippen LogP contribution in [0.4, 0.5) is 17.3 Å². The highest BCUT2D eigenvalue weighted by atomic mass is 79.9. The number of piperazine rings is 1. The molecule has 1 aromatic heterocycles. The summed E-state index contributed by atoms with van der Waals surface area (Å²) in [6.45, 7) is 4.47. The first kappa shape index (κ1) is 16.8. The van der Waals surface area contributed by atoms with E-state index in [1.54, 1.807) is 12.4 Å². The lowest BCUT2D eigenvalue weighted by Gasteiger charge is -2.40. The summed E-state index contributed by atoms with van der Waals surface area (Å²) in [5.74, 6) is 0.628. The molecule has 4 rings (SSSR count). The molecule has 6 heteroatoms. The summed E-state index contributed by atoms with van der Waals surface area (Å²) in [6.07, 6.45) is 7.16. The van der Waals surface area contributed by atoms with Gasteiger partial charge in [-0.1, -0.05) is 6.92 Å². The highest BCUT2D eigenvalue weighted by Gasteiger charge is 2.37. The SMILES string of the molecule is CCc1cc(N2C[C@H]3CC[C@@H](C2)N3C)ccc1Nc1ncc(Br)cn1. The Bertz CT molecular complexity index is 734. The molecule has 25 heavy (non-hydrogen) atoms. The Hall–Kier alpha value is -1.66. The molecule has 2 fully saturated rings. The number of anilines is 3. The third-order valence-electron chi connectivity index (χ3n) is 5.55. The number of benzene rings is 1. The van der Waals surface area contributed by atoms with Gasteiger partial charge in [0, 0.05) is 48.9 Å². The number of aromatic nitrogens is 2. The van der Waals surface area contributed by atoms with E-state index in [9.17, 15) is 0 Å². The summed E-state index contributed by atoms with van der Waals surface area (Å²) >= 11 is 3.37. The van der Waals surface area contributed by atoms with Crippen LogP contribution in [0.1, 0.15) is 25.3 Å². The summed E-state index contributed by atoms with van der Waals surface area (Å²) in [4.78, 5) is 13.7. The number of nitrogens with zero attached hydrogens (tertiary/aromatic N) is 4. The molecule has 1 aromatic carbocycles. The lowest BCUT2D eigenvalue weighted by molar-refractivity contribution is 0.212. The third kappa shape index (κ3) is 3.37. The number of rotatable bonds is 4. The van der Waals surface area contributed by atoms with E-state index in [4.69, 9.17) is 0 Å². The van der Waals surface area contributed by atoms with Crippen molar-refractivity contribution in [3.05, 3.63) is 40.6 Å². The predicted octanol–water partition coefficient (Wildman–Crippen LogP) is 3.83. The van der Waals surface area contributed by atoms with Gasteiger partial charge in [-0.2, -0.15) is 0 Å². The van der Waals surface area contributed by atoms with E-state index in [1.807, 2.05) is 0 Å². The maximum atomic E-state index is 4.31. The molecule has 2 saturated heterocycles. The molecule has 2 aromatic rings. The first-order chi connectivity index (χ1) is 12.1. The Labute approximate surface area is 157 Å². The number of likely N-dealkylation sites (N-methyl/N-ethyl adjacent to an activating group) is 1. The smallest absolute Gasteiger partial charge is 0.227 e. The van der Waals surface area contributed by atoms with Crippen molar-refractivity contribution in [2.24, 2.45) is 0 Å². The van der Waals surface area contributed by atoms with Gasteiger partial charge in [0.15, 0.2) is 0 Å². The van der Waals surface area contributed by atoms with E-state index in [2.05, 4.69) is 73.2 Å². The molecule has 132 valence electrons. The van der Waals surface area contributed by atoms with Gasteiger partial charge in [0.05, 0.1) is 4.47 Å². The largest absolute Gasteiger partial charge is 0.368 e. The molecule has 0 unspecified atom stereocenters. The molecular formula is C19H24BrN5. The zero-order chi connectivity index (χ0) is 17.4. The summed E-state index contributed by atoms with van der Waals surface area (Å²) in [7, 11) is 2.28. The highest BCUT2D eigenvalue weighted by molar-refractivity contribution is 9.10. The third-order valence-corrected chi connectivity index (χ3v) is 5.96. The van der Waals surface area contributed by atoms with Crippen LogP contribution in [-0.2, 0) is 6.42 Å². The second-order valence-corrected chi connectivity index (χ2v) is 7.92. The normalized spacial score (nSPS) is 23.1. The second-order valence-electron chi connectivity index (χ2n) is 7.00. The van der Waals surface area contributed by atoms with Gasteiger partial charge in [-0.15, -0.1) is 0 Å². The number of hydrogen-bond acceptors (Lipinski definition) is 5. The maximum absolute atomic E-state index is 4.31. The average molecular weight is 402 g/mol. The quantitative estimate of drug-likeness (QED) is 0.842. The fourth-order valence-corrected chi connectivity index (χ4v) is 4.22. The fraction of sp³-hybridized carbons (Fsp3) is 0.474. The van der Waals surface area contributed by atoms with Gasteiger partial charge < -0.3 is 10.2 Å². The summed E-state index contributed by atoms with van der Waals surface area (Å²) in [6, 6.07) is 8.13. The van der Waals surface area contributed by atoms with Crippen molar-refractivity contribution in [3.8, 4) is 0 Å². The van der Waals surface area contributed by atoms with Crippen LogP contribution in [0.5, 0.6) is 0 Å². The number of halogens is 1. The number of fused-ring (bicyclic) bond motifs is 2. The molecule has 2 atom stereocenters. The Morgan fingerprint density at radius 1 is 1.16 bits per heavy atom. The summed E-state index contributed by atoms with van der Waals surface area (Å²) in [5, 5.41) is 3.35. The van der Waals surface area contributed by atoms with Crippen LogP contribution in [0, 0.1) is 0 Å². The van der Waals surface area contributed by atoms with Gasteiger partial charge in [-0.25, -0.2) is 9.97 Å². The Kier molecular flexibility index (Phi) is 4.65. The van der Waals surface area contributed by atoms with Crippen LogP contribution in [0.2, 0.25) is 0 Å². The summed E-state index contributed by atoms with van der Waals surface area (Å²) in [5.41, 5.74) is 3.73. The van der Waals surface area contributed by atoms with Crippen LogP contribution in [0.25, 0.3) is 0 Å². The molecule has 0 amide bonds. The van der Waals surface area contributed by atoms with E-state index in [1.165, 1.54) is 24.1 Å². The van der Waals surface area contributed by atoms with Gasteiger partial charge in [-0.05, 0) is 66.0 Å². The van der Waals surface area contributed by atoms with Crippen LogP contribution < -0.4 is 10.2 Å². The van der Waals surface area contributed by atoms with Gasteiger partial charge in [0.2, 0.25) is 5.95 Å². The van der Waals surface area contributed by atoms with Crippen LogP contribution in [0.15, 0.2) is 35.1 Å². The maximum Gasteiger partial charge on any atom is 0.227 e. The van der Waals surface area contributed by atoms with Crippen molar-refractivity contribution in [3.63, 3.8) is 0 Å². The van der Waals surface area contributed by atoms with Gasteiger partial charge >= 0.3 is 0 Å². The van der Waals surface area contributed by atoms with Crippen molar-refractivity contribution >= 4 is 33.3 Å². The minimum absolute atomic E-state index is 0.628. The molecule has 5 nitrogen and oxygen atoms in total. The first-order valence-electron chi connectivity index (χ1n) is 8.98. The topological polar surface area (TPSA) is 44.3 Å². The molecule has 1 N–H and O–H groups in total. The Balaban J connectivity index is 1.54. The minimum Gasteiger partial charge on any atom is -0.368 e. The van der Waals surface area contributed by atoms with E-state index < -0.39 is 0 Å². The van der Waals surface area contributed by atoms with Crippen molar-refractivity contribution < 1.29 is 0 Å². The van der Waals surface area contributed by atoms with Crippen molar-refractivity contribution in [1.29, 1.82) is 0 Å². The van der Waals surface area contributed by atoms with E-state index in [0.717, 1.165) is 29.7 Å². The zero-order valence-corrected chi connectivity index (χ0v) is 16.3. The predicted molar refractivity (Wildman–Crippen MR) is 106 cm³/mol. The molecule has 0 aliphatic carbocycles. The van der Waals surface area contributed by atoms with Gasteiger partial charge in [-0.3, -0.25) is 4.90 Å². The van der Waals surface area contributed by atoms with Crippen LogP contribution in [0.3, 0.4) is 0 Å². The summed E-state index contributed by atoms with van der Waals surface area (Å²) < 4.78 is 0.883. The first-order valence-corrected chi connectivity index (χ1v) is 9.77. The molecule has 0 saturated carbocycles. The van der Waals surface area contributed by atoms with Gasteiger partial charge in [0.1, 0.15) is 0 Å². The molecule has 3 heterocycles. The van der Waals surface area contributed by atoms with Crippen molar-refractivity contribution in [1.82, 2.24) is 14.9 Å². The monoisotopic (exact) mass is 401 g/mol. The van der Waals surface area contributed by atoms with Gasteiger partial charge in [0.25, 0.3) is 0 Å². The number of hydrogen-bond donors (Lipinski definition) is 1. The lowest BCUT2D eigenvalue weighted by atomic mass is 10.1. The Morgan fingerprint density at radius 3 is 2.48 bits per heavy atom. The molecular weight excluding hydrogens is 378 g/mol. The highest BCUT2D eigenvalue weighted by Crippen LogP contribution is 2.33. The van der Waals surface area contributed by atoms with Crippen LogP contribution in [-0.4, -0.2) is 47.1 Å². The standard InChI is InChI=1S/C19H24BrN5/c1-3-13-8-15(25-11-16-4-5-17(12-25)24(16)2)6-7-18(13)23-19-21-9-14(20)10-22-19/h6-10,16-17H,3-5,11-12H2,1-2H3,(H,21,22,23)/t16-,17+. The number of aryl methyl sites for hydroxylation is 1. The molecule has 2 bridgehead atoms. The van der Waals surface area contributed by atoms with Crippen molar-refractivity contribution in [2.45, 2.75) is 38.3 Å². The number of nitrogens with one attached hydrogen (secondary N) is 1.